The molecule has 2 aliphatic heterocycles. The van der Waals surface area contributed by atoms with Gasteiger partial charge in [-0.2, -0.15) is 0 Å². The van der Waals surface area contributed by atoms with E-state index >= 15 is 0 Å². The molecule has 1 N–H and O–H groups in total. The first-order chi connectivity index (χ1) is 14.7. The first-order valence-electron chi connectivity index (χ1n) is 10.7. The SMILES string of the molecule is O=c1c(-c2ccco2)ccc2n1C[C@H]1C[C@@H]2C[NH+](Cc2cnc3ccccc3c2)C1. The van der Waals surface area contributed by atoms with Crippen LogP contribution in [-0.2, 0) is 13.1 Å². The molecule has 3 aromatic heterocycles. The minimum Gasteiger partial charge on any atom is -0.464 e. The van der Waals surface area contributed by atoms with Gasteiger partial charge in [-0.3, -0.25) is 9.78 Å². The second-order valence-corrected chi connectivity index (χ2v) is 8.73. The molecule has 6 rings (SSSR count). The zero-order chi connectivity index (χ0) is 20.1. The van der Waals surface area contributed by atoms with Crippen LogP contribution in [0.1, 0.15) is 23.6 Å². The lowest BCUT2D eigenvalue weighted by molar-refractivity contribution is -0.924. The number of nitrogens with one attached hydrogen (secondary N) is 1. The highest BCUT2D eigenvalue weighted by atomic mass is 16.3. The van der Waals surface area contributed by atoms with Gasteiger partial charge in [0.25, 0.3) is 5.56 Å². The van der Waals surface area contributed by atoms with Gasteiger partial charge in [0.05, 0.1) is 30.4 Å². The number of piperidine rings is 1. The van der Waals surface area contributed by atoms with Crippen LogP contribution in [0.4, 0.5) is 0 Å². The van der Waals surface area contributed by atoms with Crippen molar-refractivity contribution in [3.8, 4) is 11.3 Å². The maximum absolute atomic E-state index is 13.1. The Balaban J connectivity index is 1.27. The van der Waals surface area contributed by atoms with Gasteiger partial charge in [-0.25, -0.2) is 0 Å². The number of likely N-dealkylation sites (tertiary alicyclic amines) is 1. The number of fused-ring (bicyclic) bond motifs is 5. The van der Waals surface area contributed by atoms with Gasteiger partial charge in [-0.1, -0.05) is 18.2 Å². The molecule has 0 amide bonds. The Labute approximate surface area is 174 Å². The first-order valence-corrected chi connectivity index (χ1v) is 10.7. The monoisotopic (exact) mass is 398 g/mol. The highest BCUT2D eigenvalue weighted by molar-refractivity contribution is 5.78. The van der Waals surface area contributed by atoms with Crippen LogP contribution in [0.5, 0.6) is 0 Å². The van der Waals surface area contributed by atoms with E-state index in [0.29, 0.717) is 23.2 Å². The number of aromatic nitrogens is 2. The molecular formula is C25H24N3O2+. The van der Waals surface area contributed by atoms with Crippen molar-refractivity contribution in [2.24, 2.45) is 5.92 Å². The van der Waals surface area contributed by atoms with Crippen LogP contribution in [0.2, 0.25) is 0 Å². The van der Waals surface area contributed by atoms with Gasteiger partial charge < -0.3 is 13.9 Å². The van der Waals surface area contributed by atoms with Crippen LogP contribution in [0.15, 0.2) is 76.3 Å². The van der Waals surface area contributed by atoms with Crippen LogP contribution < -0.4 is 10.5 Å². The van der Waals surface area contributed by atoms with Crippen molar-refractivity contribution < 1.29 is 9.32 Å². The second kappa shape index (κ2) is 6.96. The molecule has 1 fully saturated rings. The molecule has 2 bridgehead atoms. The number of rotatable bonds is 3. The van der Waals surface area contributed by atoms with Crippen molar-refractivity contribution in [2.45, 2.75) is 25.4 Å². The maximum atomic E-state index is 13.1. The Kier molecular flexibility index (Phi) is 4.09. The summed E-state index contributed by atoms with van der Waals surface area (Å²) in [5.74, 6) is 1.62. The smallest absolute Gasteiger partial charge is 0.261 e. The highest BCUT2D eigenvalue weighted by Crippen LogP contribution is 2.31. The summed E-state index contributed by atoms with van der Waals surface area (Å²) >= 11 is 0. The molecule has 1 unspecified atom stereocenters. The van der Waals surface area contributed by atoms with Crippen LogP contribution in [0.25, 0.3) is 22.2 Å². The quantitative estimate of drug-likeness (QED) is 0.577. The van der Waals surface area contributed by atoms with E-state index in [2.05, 4.69) is 35.3 Å². The largest absolute Gasteiger partial charge is 0.464 e. The van der Waals surface area contributed by atoms with Crippen LogP contribution >= 0.6 is 0 Å². The summed E-state index contributed by atoms with van der Waals surface area (Å²) in [7, 11) is 0. The molecule has 5 heteroatoms. The fourth-order valence-electron chi connectivity index (χ4n) is 5.43. The molecule has 4 aromatic rings. The fourth-order valence-corrected chi connectivity index (χ4v) is 5.43. The van der Waals surface area contributed by atoms with E-state index in [4.69, 9.17) is 4.42 Å². The zero-order valence-corrected chi connectivity index (χ0v) is 16.8. The fraction of sp³-hybridized carbons (Fsp3) is 0.280. The molecule has 0 saturated carbocycles. The Hall–Kier alpha value is -3.18. The van der Waals surface area contributed by atoms with Crippen molar-refractivity contribution in [1.29, 1.82) is 0 Å². The maximum Gasteiger partial charge on any atom is 0.261 e. The number of nitrogens with zero attached hydrogens (tertiary/aromatic N) is 2. The molecule has 2 aliphatic rings. The average Bonchev–Trinajstić information content (AvgIpc) is 3.29. The first kappa shape index (κ1) is 17.7. The summed E-state index contributed by atoms with van der Waals surface area (Å²) in [5, 5.41) is 1.20. The summed E-state index contributed by atoms with van der Waals surface area (Å²) in [4.78, 5) is 19.3. The number of hydrogen-bond acceptors (Lipinski definition) is 3. The lowest BCUT2D eigenvalue weighted by Crippen LogP contribution is -3.13. The Morgan fingerprint density at radius 2 is 2.03 bits per heavy atom. The van der Waals surface area contributed by atoms with E-state index in [0.717, 1.165) is 31.7 Å². The van der Waals surface area contributed by atoms with Gasteiger partial charge in [-0.15, -0.1) is 0 Å². The van der Waals surface area contributed by atoms with E-state index in [1.54, 1.807) is 11.2 Å². The lowest BCUT2D eigenvalue weighted by atomic mass is 9.82. The molecule has 1 saturated heterocycles. The summed E-state index contributed by atoms with van der Waals surface area (Å²) in [5.41, 5.74) is 4.26. The van der Waals surface area contributed by atoms with Crippen LogP contribution in [0.3, 0.4) is 0 Å². The number of para-hydroxylation sites is 1. The Bertz CT molecular complexity index is 1280. The van der Waals surface area contributed by atoms with Gasteiger partial charge in [0, 0.05) is 41.2 Å². The number of pyridine rings is 2. The molecule has 1 aromatic carbocycles. The molecule has 30 heavy (non-hydrogen) atoms. The predicted octanol–water partition coefficient (Wildman–Crippen LogP) is 2.86. The number of hydrogen-bond donors (Lipinski definition) is 1. The zero-order valence-electron chi connectivity index (χ0n) is 16.8. The van der Waals surface area contributed by atoms with Gasteiger partial charge in [0.15, 0.2) is 0 Å². The minimum absolute atomic E-state index is 0.0827. The van der Waals surface area contributed by atoms with E-state index in [1.165, 1.54) is 23.1 Å². The Morgan fingerprint density at radius 3 is 2.93 bits per heavy atom. The van der Waals surface area contributed by atoms with Gasteiger partial charge in [0.2, 0.25) is 0 Å². The third-order valence-corrected chi connectivity index (χ3v) is 6.69. The minimum atomic E-state index is 0.0827. The van der Waals surface area contributed by atoms with E-state index in [1.807, 2.05) is 35.0 Å². The molecule has 0 radical (unpaired) electrons. The molecular weight excluding hydrogens is 374 g/mol. The van der Waals surface area contributed by atoms with Gasteiger partial charge in [-0.05, 0) is 42.8 Å². The summed E-state index contributed by atoms with van der Waals surface area (Å²) in [6, 6.07) is 18.3. The van der Waals surface area contributed by atoms with E-state index in [-0.39, 0.29) is 5.56 Å². The molecule has 3 atom stereocenters. The van der Waals surface area contributed by atoms with E-state index < -0.39 is 0 Å². The van der Waals surface area contributed by atoms with Crippen molar-refractivity contribution in [1.82, 2.24) is 9.55 Å². The summed E-state index contributed by atoms with van der Waals surface area (Å²) in [6.07, 6.45) is 4.82. The molecule has 150 valence electrons. The molecule has 5 heterocycles. The number of furan rings is 1. The molecule has 5 nitrogen and oxygen atoms in total. The second-order valence-electron chi connectivity index (χ2n) is 8.73. The van der Waals surface area contributed by atoms with Crippen molar-refractivity contribution in [3.05, 3.63) is 88.7 Å². The van der Waals surface area contributed by atoms with Gasteiger partial charge in [0.1, 0.15) is 12.3 Å². The third kappa shape index (κ3) is 2.97. The predicted molar refractivity (Wildman–Crippen MR) is 115 cm³/mol. The number of benzene rings is 1. The van der Waals surface area contributed by atoms with Crippen LogP contribution in [-0.4, -0.2) is 22.6 Å². The molecule has 0 aliphatic carbocycles. The average molecular weight is 398 g/mol. The third-order valence-electron chi connectivity index (χ3n) is 6.69. The standard InChI is InChI=1S/C25H23N3O2/c29-25-21(24-6-3-9-30-24)7-8-23-20-11-18(15-28(23)25)14-27(16-20)13-17-10-19-4-1-2-5-22(19)26-12-17/h1-10,12,18,20H,11,13-16H2/p+1/t18-,20+/m0/s1. The van der Waals surface area contributed by atoms with Crippen LogP contribution in [0, 0.1) is 5.92 Å². The van der Waals surface area contributed by atoms with E-state index in [9.17, 15) is 4.79 Å². The number of quaternary nitrogens is 1. The summed E-state index contributed by atoms with van der Waals surface area (Å²) < 4.78 is 7.48. The van der Waals surface area contributed by atoms with Gasteiger partial charge >= 0.3 is 0 Å². The molecule has 0 spiro atoms. The highest BCUT2D eigenvalue weighted by Gasteiger charge is 2.37. The van der Waals surface area contributed by atoms with Crippen molar-refractivity contribution >= 4 is 10.9 Å². The topological polar surface area (TPSA) is 52.5 Å². The normalized spacial score (nSPS) is 22.7. The van der Waals surface area contributed by atoms with Crippen molar-refractivity contribution in [2.75, 3.05) is 13.1 Å². The summed E-state index contributed by atoms with van der Waals surface area (Å²) in [6.45, 7) is 3.95. The Morgan fingerprint density at radius 1 is 1.10 bits per heavy atom. The lowest BCUT2D eigenvalue weighted by Gasteiger charge is -2.40. The van der Waals surface area contributed by atoms with Crippen molar-refractivity contribution in [3.63, 3.8) is 0 Å².